The first kappa shape index (κ1) is 21.7. The molecule has 0 saturated carbocycles. The third kappa shape index (κ3) is 3.80. The molecular weight excluding hydrogens is 425 g/mol. The average molecular weight is 450 g/mol. The van der Waals surface area contributed by atoms with E-state index >= 15 is 0 Å². The van der Waals surface area contributed by atoms with Crippen molar-refractivity contribution in [2.24, 2.45) is 12.8 Å². The van der Waals surface area contributed by atoms with Gasteiger partial charge < -0.3 is 10.3 Å². The summed E-state index contributed by atoms with van der Waals surface area (Å²) in [5.74, 6) is -0.266. The van der Waals surface area contributed by atoms with E-state index in [1.165, 1.54) is 6.07 Å². The molecule has 0 saturated heterocycles. The molecule has 0 bridgehead atoms. The molecular formula is C29H24FN3O. The summed E-state index contributed by atoms with van der Waals surface area (Å²) < 4.78 is 15.5. The van der Waals surface area contributed by atoms with Crippen LogP contribution in [-0.2, 0) is 13.6 Å². The maximum atomic E-state index is 14.0. The summed E-state index contributed by atoms with van der Waals surface area (Å²) in [5.41, 5.74) is 13.0. The molecule has 0 unspecified atom stereocenters. The van der Waals surface area contributed by atoms with Crippen LogP contribution in [0.25, 0.3) is 44.4 Å². The predicted octanol–water partition coefficient (Wildman–Crippen LogP) is 5.84. The van der Waals surface area contributed by atoms with Crippen LogP contribution >= 0.6 is 0 Å². The molecule has 0 aliphatic carbocycles. The molecule has 168 valence electrons. The number of benzene rings is 3. The van der Waals surface area contributed by atoms with Crippen LogP contribution in [0.5, 0.6) is 0 Å². The molecule has 5 heteroatoms. The van der Waals surface area contributed by atoms with Gasteiger partial charge in [0.25, 0.3) is 5.56 Å². The number of fused-ring (bicyclic) bond motifs is 1. The molecule has 0 fully saturated rings. The number of nitrogens with two attached hydrogens (primary N) is 1. The van der Waals surface area contributed by atoms with Crippen LogP contribution in [0.1, 0.15) is 11.1 Å². The Morgan fingerprint density at radius 2 is 1.59 bits per heavy atom. The van der Waals surface area contributed by atoms with Gasteiger partial charge in [-0.1, -0.05) is 60.7 Å². The van der Waals surface area contributed by atoms with Crippen molar-refractivity contribution in [3.05, 3.63) is 112 Å². The van der Waals surface area contributed by atoms with Gasteiger partial charge in [0.15, 0.2) is 0 Å². The van der Waals surface area contributed by atoms with E-state index in [-0.39, 0.29) is 11.4 Å². The first-order valence-electron chi connectivity index (χ1n) is 11.1. The Hall–Kier alpha value is -4.09. The summed E-state index contributed by atoms with van der Waals surface area (Å²) >= 11 is 0. The van der Waals surface area contributed by atoms with E-state index in [4.69, 9.17) is 10.7 Å². The van der Waals surface area contributed by atoms with Gasteiger partial charge in [-0.25, -0.2) is 9.37 Å². The molecule has 2 aromatic heterocycles. The summed E-state index contributed by atoms with van der Waals surface area (Å²) in [6, 6.07) is 24.8. The zero-order chi connectivity index (χ0) is 23.8. The minimum absolute atomic E-state index is 0.132. The standard InChI is InChI=1S/C29H24FN3O/c1-18-14-22(12-13-26(18)30)25-17-33(2)29(34)24-15-23(20-6-4-3-5-7-20)27(32-28(24)25)21-10-8-19(16-31)9-11-21/h3-15,17H,16,31H2,1-2H3. The number of aryl methyl sites for hydroxylation is 2. The van der Waals surface area contributed by atoms with Crippen LogP contribution in [-0.4, -0.2) is 9.55 Å². The summed E-state index contributed by atoms with van der Waals surface area (Å²) in [7, 11) is 1.73. The van der Waals surface area contributed by atoms with Gasteiger partial charge in [0.05, 0.1) is 16.6 Å². The summed E-state index contributed by atoms with van der Waals surface area (Å²) in [5, 5.41) is 0.517. The highest BCUT2D eigenvalue weighted by molar-refractivity contribution is 5.98. The van der Waals surface area contributed by atoms with E-state index < -0.39 is 0 Å². The number of hydrogen-bond donors (Lipinski definition) is 1. The highest BCUT2D eigenvalue weighted by atomic mass is 19.1. The van der Waals surface area contributed by atoms with Gasteiger partial charge in [0.2, 0.25) is 0 Å². The number of rotatable bonds is 4. The van der Waals surface area contributed by atoms with Crippen molar-refractivity contribution < 1.29 is 4.39 Å². The number of halogens is 1. The van der Waals surface area contributed by atoms with Crippen molar-refractivity contribution in [3.8, 4) is 33.5 Å². The van der Waals surface area contributed by atoms with Crippen LogP contribution < -0.4 is 11.3 Å². The molecule has 5 aromatic rings. The second-order valence-electron chi connectivity index (χ2n) is 8.47. The van der Waals surface area contributed by atoms with Gasteiger partial charge in [-0.05, 0) is 47.4 Å². The Morgan fingerprint density at radius 1 is 0.882 bits per heavy atom. The molecule has 5 rings (SSSR count). The van der Waals surface area contributed by atoms with Crippen LogP contribution in [0.3, 0.4) is 0 Å². The zero-order valence-corrected chi connectivity index (χ0v) is 19.0. The molecule has 2 N–H and O–H groups in total. The molecule has 0 atom stereocenters. The van der Waals surface area contributed by atoms with Crippen LogP contribution in [0.15, 0.2) is 89.9 Å². The van der Waals surface area contributed by atoms with Crippen molar-refractivity contribution in [2.75, 3.05) is 0 Å². The van der Waals surface area contributed by atoms with Crippen molar-refractivity contribution in [3.63, 3.8) is 0 Å². The molecule has 4 nitrogen and oxygen atoms in total. The van der Waals surface area contributed by atoms with Gasteiger partial charge in [0.1, 0.15) is 5.82 Å². The van der Waals surface area contributed by atoms with Gasteiger partial charge >= 0.3 is 0 Å². The number of pyridine rings is 2. The Labute approximate surface area is 197 Å². The maximum Gasteiger partial charge on any atom is 0.259 e. The molecule has 2 heterocycles. The molecule has 0 amide bonds. The fourth-order valence-corrected chi connectivity index (χ4v) is 4.27. The minimum atomic E-state index is -0.266. The molecule has 0 aliphatic heterocycles. The van der Waals surface area contributed by atoms with Crippen molar-refractivity contribution in [1.82, 2.24) is 9.55 Å². The predicted molar refractivity (Wildman–Crippen MR) is 136 cm³/mol. The number of hydrogen-bond acceptors (Lipinski definition) is 3. The van der Waals surface area contributed by atoms with E-state index in [9.17, 15) is 9.18 Å². The van der Waals surface area contributed by atoms with Crippen LogP contribution in [0, 0.1) is 12.7 Å². The first-order chi connectivity index (χ1) is 16.5. The Kier molecular flexibility index (Phi) is 5.56. The van der Waals surface area contributed by atoms with E-state index in [0.717, 1.165) is 39.1 Å². The second-order valence-corrected chi connectivity index (χ2v) is 8.47. The van der Waals surface area contributed by atoms with E-state index in [1.54, 1.807) is 36.9 Å². The lowest BCUT2D eigenvalue weighted by molar-refractivity contribution is 0.619. The smallest absolute Gasteiger partial charge is 0.259 e. The largest absolute Gasteiger partial charge is 0.326 e. The van der Waals surface area contributed by atoms with Crippen molar-refractivity contribution in [2.45, 2.75) is 13.5 Å². The van der Waals surface area contributed by atoms with Gasteiger partial charge in [0, 0.05) is 36.5 Å². The van der Waals surface area contributed by atoms with Crippen molar-refractivity contribution >= 4 is 10.9 Å². The number of aromatic nitrogens is 2. The molecule has 34 heavy (non-hydrogen) atoms. The topological polar surface area (TPSA) is 60.9 Å². The quantitative estimate of drug-likeness (QED) is 0.375. The fourth-order valence-electron chi connectivity index (χ4n) is 4.27. The van der Waals surface area contributed by atoms with E-state index in [0.29, 0.717) is 23.0 Å². The highest BCUT2D eigenvalue weighted by Gasteiger charge is 2.17. The van der Waals surface area contributed by atoms with Crippen LogP contribution in [0.4, 0.5) is 4.39 Å². The Bertz CT molecular complexity index is 1570. The van der Waals surface area contributed by atoms with Crippen LogP contribution in [0.2, 0.25) is 0 Å². The zero-order valence-electron chi connectivity index (χ0n) is 19.0. The summed E-state index contributed by atoms with van der Waals surface area (Å²) in [6.45, 7) is 2.19. The molecule has 3 aromatic carbocycles. The summed E-state index contributed by atoms with van der Waals surface area (Å²) in [4.78, 5) is 18.3. The lowest BCUT2D eigenvalue weighted by Crippen LogP contribution is -2.17. The first-order valence-corrected chi connectivity index (χ1v) is 11.1. The normalized spacial score (nSPS) is 11.2. The summed E-state index contributed by atoms with van der Waals surface area (Å²) in [6.07, 6.45) is 1.77. The fraction of sp³-hybridized carbons (Fsp3) is 0.103. The van der Waals surface area contributed by atoms with E-state index in [2.05, 4.69) is 0 Å². The number of nitrogens with zero attached hydrogens (tertiary/aromatic N) is 2. The third-order valence-corrected chi connectivity index (χ3v) is 6.17. The Balaban J connectivity index is 1.87. The molecule has 0 spiro atoms. The monoisotopic (exact) mass is 449 g/mol. The van der Waals surface area contributed by atoms with Gasteiger partial charge in [-0.15, -0.1) is 0 Å². The van der Waals surface area contributed by atoms with Gasteiger partial charge in [-0.2, -0.15) is 0 Å². The van der Waals surface area contributed by atoms with Crippen molar-refractivity contribution in [1.29, 1.82) is 0 Å². The Morgan fingerprint density at radius 3 is 2.26 bits per heavy atom. The van der Waals surface area contributed by atoms with E-state index in [1.807, 2.05) is 60.7 Å². The lowest BCUT2D eigenvalue weighted by Gasteiger charge is -2.15. The lowest BCUT2D eigenvalue weighted by atomic mass is 9.95. The highest BCUT2D eigenvalue weighted by Crippen LogP contribution is 2.36. The minimum Gasteiger partial charge on any atom is -0.326 e. The van der Waals surface area contributed by atoms with Gasteiger partial charge in [-0.3, -0.25) is 4.79 Å². The maximum absolute atomic E-state index is 14.0. The molecule has 0 radical (unpaired) electrons. The second kappa shape index (κ2) is 8.69. The average Bonchev–Trinajstić information content (AvgIpc) is 2.88. The third-order valence-electron chi connectivity index (χ3n) is 6.17. The SMILES string of the molecule is Cc1cc(-c2cn(C)c(=O)c3cc(-c4ccccc4)c(-c4ccc(CN)cc4)nc23)ccc1F. The molecule has 0 aliphatic rings.